The third-order valence-electron chi connectivity index (χ3n) is 3.40. The van der Waals surface area contributed by atoms with Crippen LogP contribution in [0.25, 0.3) is 0 Å². The molecule has 0 aliphatic heterocycles. The number of benzene rings is 2. The maximum atomic E-state index is 13.6. The molecule has 0 aromatic heterocycles. The molecule has 0 heterocycles. The van der Waals surface area contributed by atoms with Gasteiger partial charge in [0.2, 0.25) is 0 Å². The summed E-state index contributed by atoms with van der Waals surface area (Å²) in [4.78, 5) is 0. The molecule has 1 unspecified atom stereocenters. The van der Waals surface area contributed by atoms with Gasteiger partial charge in [0, 0.05) is 9.50 Å². The van der Waals surface area contributed by atoms with E-state index < -0.39 is 0 Å². The largest absolute Gasteiger partial charge is 0.306 e. The summed E-state index contributed by atoms with van der Waals surface area (Å²) in [6, 6.07) is 10.4. The van der Waals surface area contributed by atoms with Gasteiger partial charge in [-0.3, -0.25) is 0 Å². The summed E-state index contributed by atoms with van der Waals surface area (Å²) in [5, 5.41) is 4.02. The molecule has 0 fully saturated rings. The molecule has 2 rings (SSSR count). The lowest BCUT2D eigenvalue weighted by Gasteiger charge is -2.22. The van der Waals surface area contributed by atoms with Crippen LogP contribution < -0.4 is 5.32 Å². The predicted octanol–water partition coefficient (Wildman–Crippen LogP) is 5.64. The molecule has 2 aromatic rings. The zero-order chi connectivity index (χ0) is 15.4. The lowest BCUT2D eigenvalue weighted by molar-refractivity contribution is 0.584. The highest BCUT2D eigenvalue weighted by molar-refractivity contribution is 9.10. The lowest BCUT2D eigenvalue weighted by Crippen LogP contribution is -2.24. The smallest absolute Gasteiger partial charge is 0.123 e. The molecule has 0 aliphatic rings. The summed E-state index contributed by atoms with van der Waals surface area (Å²) in [5.41, 5.74) is 2.97. The van der Waals surface area contributed by atoms with E-state index >= 15 is 0 Å². The number of nitrogens with one attached hydrogen (secondary N) is 1. The molecule has 1 atom stereocenters. The molecule has 112 valence electrons. The molecule has 0 amide bonds. The predicted molar refractivity (Wildman–Crippen MR) is 90.4 cm³/mol. The van der Waals surface area contributed by atoms with Crippen molar-refractivity contribution >= 4 is 27.5 Å². The van der Waals surface area contributed by atoms with Crippen molar-refractivity contribution in [3.05, 3.63) is 68.4 Å². The van der Waals surface area contributed by atoms with Gasteiger partial charge in [0.15, 0.2) is 0 Å². The molecule has 0 radical (unpaired) electrons. The number of rotatable bonds is 5. The average Bonchev–Trinajstić information content (AvgIpc) is 2.47. The van der Waals surface area contributed by atoms with E-state index in [1.807, 2.05) is 25.1 Å². The van der Waals surface area contributed by atoms with Crippen LogP contribution in [-0.2, 0) is 0 Å². The first kappa shape index (κ1) is 16.5. The standard InChI is InChI=1S/C17H18BrClFN/c1-3-9-21-17(13-6-4-5-11(2)16(13)18)14-10-12(20)7-8-15(14)19/h4-8,10,17,21H,3,9H2,1-2H3. The highest BCUT2D eigenvalue weighted by Gasteiger charge is 2.20. The average molecular weight is 371 g/mol. The van der Waals surface area contributed by atoms with Crippen LogP contribution in [0.15, 0.2) is 40.9 Å². The Hall–Kier alpha value is -0.900. The number of hydrogen-bond acceptors (Lipinski definition) is 1. The Morgan fingerprint density at radius 3 is 2.71 bits per heavy atom. The first-order valence-electron chi connectivity index (χ1n) is 6.98. The maximum absolute atomic E-state index is 13.6. The van der Waals surface area contributed by atoms with Gasteiger partial charge < -0.3 is 5.32 Å². The van der Waals surface area contributed by atoms with E-state index in [1.165, 1.54) is 12.1 Å². The van der Waals surface area contributed by atoms with Crippen LogP contribution in [0.2, 0.25) is 5.02 Å². The molecule has 0 aliphatic carbocycles. The van der Waals surface area contributed by atoms with Gasteiger partial charge in [-0.05, 0) is 54.8 Å². The van der Waals surface area contributed by atoms with Crippen molar-refractivity contribution < 1.29 is 4.39 Å². The Morgan fingerprint density at radius 2 is 2.00 bits per heavy atom. The maximum Gasteiger partial charge on any atom is 0.123 e. The molecule has 0 saturated heterocycles. The Bertz CT molecular complexity index is 628. The second-order valence-electron chi connectivity index (χ2n) is 5.03. The summed E-state index contributed by atoms with van der Waals surface area (Å²) in [6.07, 6.45) is 0.993. The van der Waals surface area contributed by atoms with Crippen molar-refractivity contribution in [1.82, 2.24) is 5.32 Å². The fourth-order valence-corrected chi connectivity index (χ4v) is 3.02. The highest BCUT2D eigenvalue weighted by atomic mass is 79.9. The lowest BCUT2D eigenvalue weighted by atomic mass is 9.97. The first-order valence-corrected chi connectivity index (χ1v) is 8.15. The quantitative estimate of drug-likeness (QED) is 0.718. The Balaban J connectivity index is 2.52. The summed E-state index contributed by atoms with van der Waals surface area (Å²) < 4.78 is 14.7. The minimum absolute atomic E-state index is 0.137. The van der Waals surface area contributed by atoms with Crippen molar-refractivity contribution in [3.8, 4) is 0 Å². The normalized spacial score (nSPS) is 12.4. The number of hydrogen-bond donors (Lipinski definition) is 1. The van der Waals surface area contributed by atoms with Crippen LogP contribution in [0.4, 0.5) is 4.39 Å². The molecule has 0 bridgehead atoms. The van der Waals surface area contributed by atoms with E-state index in [0.717, 1.165) is 34.1 Å². The van der Waals surface area contributed by atoms with Crippen LogP contribution in [0.1, 0.15) is 36.1 Å². The fraction of sp³-hybridized carbons (Fsp3) is 0.294. The van der Waals surface area contributed by atoms with Crippen LogP contribution in [-0.4, -0.2) is 6.54 Å². The SMILES string of the molecule is CCCNC(c1cc(F)ccc1Cl)c1cccc(C)c1Br. The fourth-order valence-electron chi connectivity index (χ4n) is 2.31. The van der Waals surface area contributed by atoms with Crippen LogP contribution >= 0.6 is 27.5 Å². The van der Waals surface area contributed by atoms with Crippen molar-refractivity contribution in [1.29, 1.82) is 0 Å². The molecule has 1 N–H and O–H groups in total. The first-order chi connectivity index (χ1) is 10.0. The molecule has 0 saturated carbocycles. The second-order valence-corrected chi connectivity index (χ2v) is 6.23. The van der Waals surface area contributed by atoms with Crippen molar-refractivity contribution in [2.24, 2.45) is 0 Å². The van der Waals surface area contributed by atoms with E-state index in [0.29, 0.717) is 5.02 Å². The van der Waals surface area contributed by atoms with Gasteiger partial charge in [-0.25, -0.2) is 4.39 Å². The Morgan fingerprint density at radius 1 is 1.24 bits per heavy atom. The summed E-state index contributed by atoms with van der Waals surface area (Å²) in [5.74, 6) is -0.276. The minimum atomic E-state index is -0.276. The van der Waals surface area contributed by atoms with Gasteiger partial charge in [-0.15, -0.1) is 0 Å². The monoisotopic (exact) mass is 369 g/mol. The van der Waals surface area contributed by atoms with Gasteiger partial charge in [0.05, 0.1) is 6.04 Å². The topological polar surface area (TPSA) is 12.0 Å². The van der Waals surface area contributed by atoms with E-state index in [-0.39, 0.29) is 11.9 Å². The van der Waals surface area contributed by atoms with Crippen molar-refractivity contribution in [2.45, 2.75) is 26.3 Å². The highest BCUT2D eigenvalue weighted by Crippen LogP contribution is 2.34. The summed E-state index contributed by atoms with van der Waals surface area (Å²) in [7, 11) is 0. The molecular weight excluding hydrogens is 353 g/mol. The molecule has 1 nitrogen and oxygen atoms in total. The zero-order valence-corrected chi connectivity index (χ0v) is 14.4. The van der Waals surface area contributed by atoms with E-state index in [9.17, 15) is 4.39 Å². The molecule has 2 aromatic carbocycles. The van der Waals surface area contributed by atoms with Gasteiger partial charge in [-0.2, -0.15) is 0 Å². The van der Waals surface area contributed by atoms with E-state index in [2.05, 4.69) is 28.2 Å². The van der Waals surface area contributed by atoms with Gasteiger partial charge in [-0.1, -0.05) is 52.7 Å². The molecule has 21 heavy (non-hydrogen) atoms. The van der Waals surface area contributed by atoms with E-state index in [4.69, 9.17) is 11.6 Å². The Kier molecular flexibility index (Phi) is 5.80. The van der Waals surface area contributed by atoms with Gasteiger partial charge in [0.25, 0.3) is 0 Å². The van der Waals surface area contributed by atoms with Crippen molar-refractivity contribution in [2.75, 3.05) is 6.54 Å². The Labute approximate surface area is 138 Å². The van der Waals surface area contributed by atoms with Crippen LogP contribution in [0, 0.1) is 12.7 Å². The number of halogens is 3. The molecule has 4 heteroatoms. The zero-order valence-electron chi connectivity index (χ0n) is 12.1. The van der Waals surface area contributed by atoms with Gasteiger partial charge >= 0.3 is 0 Å². The van der Waals surface area contributed by atoms with E-state index in [1.54, 1.807) is 6.07 Å². The second kappa shape index (κ2) is 7.39. The number of aryl methyl sites for hydroxylation is 1. The molecular formula is C17H18BrClFN. The minimum Gasteiger partial charge on any atom is -0.306 e. The summed E-state index contributed by atoms with van der Waals surface area (Å²) in [6.45, 7) is 4.97. The third-order valence-corrected chi connectivity index (χ3v) is 4.83. The van der Waals surface area contributed by atoms with Crippen LogP contribution in [0.5, 0.6) is 0 Å². The van der Waals surface area contributed by atoms with Crippen LogP contribution in [0.3, 0.4) is 0 Å². The van der Waals surface area contributed by atoms with Gasteiger partial charge in [0.1, 0.15) is 5.82 Å². The molecule has 0 spiro atoms. The third kappa shape index (κ3) is 3.85. The summed E-state index contributed by atoms with van der Waals surface area (Å²) >= 11 is 9.93. The van der Waals surface area contributed by atoms with Crippen molar-refractivity contribution in [3.63, 3.8) is 0 Å².